The molecule has 3 N–H and O–H groups in total. The molecular formula is C11H22N4O. The van der Waals surface area contributed by atoms with Crippen LogP contribution in [0.1, 0.15) is 25.3 Å². The molecule has 0 saturated carbocycles. The van der Waals surface area contributed by atoms with Crippen LogP contribution < -0.4 is 11.3 Å². The van der Waals surface area contributed by atoms with Crippen molar-refractivity contribution in [3.8, 4) is 0 Å². The molecule has 5 heteroatoms. The zero-order valence-electron chi connectivity index (χ0n) is 10.1. The van der Waals surface area contributed by atoms with Crippen molar-refractivity contribution in [1.29, 1.82) is 0 Å². The van der Waals surface area contributed by atoms with Crippen LogP contribution >= 0.6 is 0 Å². The van der Waals surface area contributed by atoms with E-state index >= 15 is 0 Å². The molecule has 0 spiro atoms. The molecule has 5 nitrogen and oxygen atoms in total. The van der Waals surface area contributed by atoms with Crippen LogP contribution in [0.3, 0.4) is 0 Å². The van der Waals surface area contributed by atoms with Gasteiger partial charge in [0, 0.05) is 32.5 Å². The summed E-state index contributed by atoms with van der Waals surface area (Å²) in [5.74, 6) is 5.52. The molecule has 1 unspecified atom stereocenters. The Hall–Kier alpha value is -0.910. The summed E-state index contributed by atoms with van der Waals surface area (Å²) in [6, 6.07) is 0.296. The molecule has 92 valence electrons. The van der Waals surface area contributed by atoms with Gasteiger partial charge in [-0.25, -0.2) is 0 Å². The Labute approximate surface area is 96.9 Å². The van der Waals surface area contributed by atoms with E-state index < -0.39 is 0 Å². The molecule has 16 heavy (non-hydrogen) atoms. The van der Waals surface area contributed by atoms with Crippen LogP contribution in [0, 0.1) is 0 Å². The van der Waals surface area contributed by atoms with Crippen molar-refractivity contribution in [2.75, 3.05) is 13.2 Å². The fourth-order valence-electron chi connectivity index (χ4n) is 1.68. The predicted octanol–water partition coefficient (Wildman–Crippen LogP) is 0.611. The van der Waals surface area contributed by atoms with E-state index in [0.29, 0.717) is 6.04 Å². The second kappa shape index (κ2) is 7.38. The molecule has 1 atom stereocenters. The maximum absolute atomic E-state index is 5.52. The highest BCUT2D eigenvalue weighted by Gasteiger charge is 2.08. The molecular weight excluding hydrogens is 204 g/mol. The van der Waals surface area contributed by atoms with Gasteiger partial charge in [0.25, 0.3) is 0 Å². The van der Waals surface area contributed by atoms with Gasteiger partial charge in [-0.15, -0.1) is 0 Å². The summed E-state index contributed by atoms with van der Waals surface area (Å²) in [5, 5.41) is 4.14. The van der Waals surface area contributed by atoms with Gasteiger partial charge < -0.3 is 4.74 Å². The minimum atomic E-state index is 0.296. The highest BCUT2D eigenvalue weighted by atomic mass is 16.5. The molecule has 0 bridgehead atoms. The molecule has 1 heterocycles. The zero-order chi connectivity index (χ0) is 11.8. The van der Waals surface area contributed by atoms with Crippen molar-refractivity contribution in [3.05, 3.63) is 18.0 Å². The average Bonchev–Trinajstić information content (AvgIpc) is 2.68. The van der Waals surface area contributed by atoms with E-state index in [1.54, 1.807) is 0 Å². The summed E-state index contributed by atoms with van der Waals surface area (Å²) in [6.07, 6.45) is 6.87. The fraction of sp³-hybridized carbons (Fsp3) is 0.727. The number of nitrogens with two attached hydrogens (primary N) is 1. The van der Waals surface area contributed by atoms with Gasteiger partial charge >= 0.3 is 0 Å². The number of nitrogens with one attached hydrogen (secondary N) is 1. The van der Waals surface area contributed by atoms with Gasteiger partial charge in [0.15, 0.2) is 0 Å². The maximum atomic E-state index is 5.52. The number of aromatic nitrogens is 2. The van der Waals surface area contributed by atoms with Gasteiger partial charge in [-0.2, -0.15) is 5.10 Å². The second-order valence-electron chi connectivity index (χ2n) is 3.93. The molecule has 1 aromatic rings. The van der Waals surface area contributed by atoms with Crippen molar-refractivity contribution < 1.29 is 4.74 Å². The van der Waals surface area contributed by atoms with E-state index in [1.165, 1.54) is 5.56 Å². The standard InChI is InChI=1S/C11H22N4O/c1-3-16-6-4-5-11(14-12)7-10-8-13-15(2)9-10/h8-9,11,14H,3-7,12H2,1-2H3. The number of nitrogens with zero attached hydrogens (tertiary/aromatic N) is 2. The van der Waals surface area contributed by atoms with Crippen molar-refractivity contribution in [3.63, 3.8) is 0 Å². The summed E-state index contributed by atoms with van der Waals surface area (Å²) >= 11 is 0. The highest BCUT2D eigenvalue weighted by molar-refractivity contribution is 5.05. The van der Waals surface area contributed by atoms with Crippen LogP contribution in [0.2, 0.25) is 0 Å². The van der Waals surface area contributed by atoms with Crippen molar-refractivity contribution in [1.82, 2.24) is 15.2 Å². The van der Waals surface area contributed by atoms with E-state index in [4.69, 9.17) is 10.6 Å². The van der Waals surface area contributed by atoms with Gasteiger partial charge in [0.1, 0.15) is 0 Å². The summed E-state index contributed by atoms with van der Waals surface area (Å²) in [4.78, 5) is 0. The second-order valence-corrected chi connectivity index (χ2v) is 3.93. The van der Waals surface area contributed by atoms with E-state index in [2.05, 4.69) is 10.5 Å². The monoisotopic (exact) mass is 226 g/mol. The number of aryl methyl sites for hydroxylation is 1. The normalized spacial score (nSPS) is 12.9. The molecule has 0 aliphatic heterocycles. The largest absolute Gasteiger partial charge is 0.382 e. The van der Waals surface area contributed by atoms with E-state index in [-0.39, 0.29) is 0 Å². The van der Waals surface area contributed by atoms with Crippen LogP contribution in [-0.4, -0.2) is 29.0 Å². The molecule has 0 amide bonds. The van der Waals surface area contributed by atoms with Crippen molar-refractivity contribution in [2.24, 2.45) is 12.9 Å². The molecule has 0 radical (unpaired) electrons. The maximum Gasteiger partial charge on any atom is 0.0522 e. The minimum absolute atomic E-state index is 0.296. The molecule has 1 aromatic heterocycles. The molecule has 0 aromatic carbocycles. The van der Waals surface area contributed by atoms with Crippen LogP contribution in [0.4, 0.5) is 0 Å². The van der Waals surface area contributed by atoms with Crippen LogP contribution in [-0.2, 0) is 18.2 Å². The molecule has 0 aliphatic carbocycles. The van der Waals surface area contributed by atoms with Crippen molar-refractivity contribution in [2.45, 2.75) is 32.2 Å². The Kier molecular flexibility index (Phi) is 6.07. The van der Waals surface area contributed by atoms with Gasteiger partial charge in [-0.3, -0.25) is 16.0 Å². The third-order valence-corrected chi connectivity index (χ3v) is 2.52. The minimum Gasteiger partial charge on any atom is -0.382 e. The molecule has 0 aliphatic rings. The third kappa shape index (κ3) is 4.74. The van der Waals surface area contributed by atoms with E-state index in [1.807, 2.05) is 31.0 Å². The SMILES string of the molecule is CCOCCCC(Cc1cnn(C)c1)NN. The number of hydrazine groups is 1. The number of hydrogen-bond acceptors (Lipinski definition) is 4. The van der Waals surface area contributed by atoms with Gasteiger partial charge in [-0.05, 0) is 31.7 Å². The molecule has 0 fully saturated rings. The Balaban J connectivity index is 2.26. The summed E-state index contributed by atoms with van der Waals surface area (Å²) in [6.45, 7) is 3.60. The summed E-state index contributed by atoms with van der Waals surface area (Å²) in [5.41, 5.74) is 4.05. The lowest BCUT2D eigenvalue weighted by Gasteiger charge is -2.14. The number of hydrogen-bond donors (Lipinski definition) is 2. The smallest absolute Gasteiger partial charge is 0.0522 e. The van der Waals surface area contributed by atoms with Gasteiger partial charge in [-0.1, -0.05) is 0 Å². The average molecular weight is 226 g/mol. The topological polar surface area (TPSA) is 65.1 Å². The lowest BCUT2D eigenvalue weighted by Crippen LogP contribution is -2.36. The van der Waals surface area contributed by atoms with Crippen molar-refractivity contribution >= 4 is 0 Å². The summed E-state index contributed by atoms with van der Waals surface area (Å²) in [7, 11) is 1.92. The molecule has 1 rings (SSSR count). The van der Waals surface area contributed by atoms with Gasteiger partial charge in [0.2, 0.25) is 0 Å². The zero-order valence-corrected chi connectivity index (χ0v) is 10.1. The fourth-order valence-corrected chi connectivity index (χ4v) is 1.68. The number of rotatable bonds is 8. The first-order valence-corrected chi connectivity index (χ1v) is 5.77. The first kappa shape index (κ1) is 13.2. The van der Waals surface area contributed by atoms with Crippen LogP contribution in [0.5, 0.6) is 0 Å². The first-order chi connectivity index (χ1) is 7.76. The van der Waals surface area contributed by atoms with Gasteiger partial charge in [0.05, 0.1) is 6.20 Å². The van der Waals surface area contributed by atoms with E-state index in [9.17, 15) is 0 Å². The lowest BCUT2D eigenvalue weighted by atomic mass is 10.1. The van der Waals surface area contributed by atoms with Crippen LogP contribution in [0.15, 0.2) is 12.4 Å². The highest BCUT2D eigenvalue weighted by Crippen LogP contribution is 2.06. The Morgan fingerprint density at radius 2 is 2.44 bits per heavy atom. The first-order valence-electron chi connectivity index (χ1n) is 5.77. The third-order valence-electron chi connectivity index (χ3n) is 2.52. The Morgan fingerprint density at radius 1 is 1.62 bits per heavy atom. The predicted molar refractivity (Wildman–Crippen MR) is 63.8 cm³/mol. The summed E-state index contributed by atoms with van der Waals surface area (Å²) < 4.78 is 7.11. The Bertz CT molecular complexity index is 287. The van der Waals surface area contributed by atoms with E-state index in [0.717, 1.165) is 32.5 Å². The van der Waals surface area contributed by atoms with Crippen LogP contribution in [0.25, 0.3) is 0 Å². The molecule has 0 saturated heterocycles. The lowest BCUT2D eigenvalue weighted by molar-refractivity contribution is 0.140. The Morgan fingerprint density at radius 3 is 3.00 bits per heavy atom. The quantitative estimate of drug-likeness (QED) is 0.387. The number of ether oxygens (including phenoxy) is 1.